The third-order valence-corrected chi connectivity index (χ3v) is 11.5. The van der Waals surface area contributed by atoms with Crippen LogP contribution in [0.4, 0.5) is 0 Å². The molecule has 0 radical (unpaired) electrons. The van der Waals surface area contributed by atoms with Crippen molar-refractivity contribution in [3.05, 3.63) is 47.5 Å². The Hall–Kier alpha value is -1.57. The van der Waals surface area contributed by atoms with Crippen molar-refractivity contribution >= 4 is 5.97 Å². The summed E-state index contributed by atoms with van der Waals surface area (Å²) in [6, 6.07) is 9.49. The number of rotatable bonds is 7. The molecular weight excluding hydrogens is 440 g/mol. The van der Waals surface area contributed by atoms with Crippen LogP contribution in [0.5, 0.6) is 0 Å². The lowest BCUT2D eigenvalue weighted by atomic mass is 9.47. The molecule has 4 aliphatic carbocycles. The molecule has 0 aromatic heterocycles. The van der Waals surface area contributed by atoms with Crippen molar-refractivity contribution in [3.63, 3.8) is 0 Å². The Balaban J connectivity index is 1.25. The van der Waals surface area contributed by atoms with Crippen molar-refractivity contribution in [2.24, 2.45) is 46.3 Å². The molecule has 0 saturated heterocycles. The fourth-order valence-corrected chi connectivity index (χ4v) is 9.55. The molecule has 2 heteroatoms. The van der Waals surface area contributed by atoms with Crippen LogP contribution in [0.25, 0.3) is 0 Å². The number of esters is 1. The second-order valence-electron chi connectivity index (χ2n) is 13.9. The lowest BCUT2D eigenvalue weighted by molar-refractivity contribution is -0.0594. The summed E-state index contributed by atoms with van der Waals surface area (Å²) in [5, 5.41) is 0. The summed E-state index contributed by atoms with van der Waals surface area (Å²) in [7, 11) is 0. The van der Waals surface area contributed by atoms with E-state index in [9.17, 15) is 4.79 Å². The molecule has 4 aliphatic rings. The van der Waals surface area contributed by atoms with Crippen LogP contribution >= 0.6 is 0 Å². The lowest BCUT2D eigenvalue weighted by Gasteiger charge is -2.58. The van der Waals surface area contributed by atoms with Gasteiger partial charge in [-0.15, -0.1) is 0 Å². The highest BCUT2D eigenvalue weighted by Crippen LogP contribution is 2.67. The van der Waals surface area contributed by atoms with Crippen molar-refractivity contribution in [1.82, 2.24) is 0 Å². The highest BCUT2D eigenvalue weighted by atomic mass is 16.5. The SMILES string of the molecule is CC(C)CCCC(C)[C@@H]1CCC2C3CC=C4C[C@H](OC(=O)c5ccccc5)CC[C@@]4(C)C3CC[C@]21C. The highest BCUT2D eigenvalue weighted by Gasteiger charge is 2.59. The summed E-state index contributed by atoms with van der Waals surface area (Å²) in [5.41, 5.74) is 3.12. The van der Waals surface area contributed by atoms with Crippen LogP contribution in [0.3, 0.4) is 0 Å². The largest absolute Gasteiger partial charge is 0.458 e. The van der Waals surface area contributed by atoms with Gasteiger partial charge in [0.1, 0.15) is 6.10 Å². The number of fused-ring (bicyclic) bond motifs is 5. The van der Waals surface area contributed by atoms with Gasteiger partial charge in [-0.25, -0.2) is 4.79 Å². The molecule has 0 amide bonds. The van der Waals surface area contributed by atoms with Crippen LogP contribution in [0.1, 0.15) is 116 Å². The first-order chi connectivity index (χ1) is 17.2. The minimum Gasteiger partial charge on any atom is -0.458 e. The summed E-state index contributed by atoms with van der Waals surface area (Å²) in [5.74, 6) is 5.03. The Bertz CT molecular complexity index is 947. The van der Waals surface area contributed by atoms with Gasteiger partial charge in [-0.1, -0.05) is 83.7 Å². The van der Waals surface area contributed by atoms with Crippen LogP contribution in [-0.4, -0.2) is 12.1 Å². The van der Waals surface area contributed by atoms with Crippen LogP contribution in [-0.2, 0) is 4.74 Å². The Morgan fingerprint density at radius 1 is 0.972 bits per heavy atom. The monoisotopic (exact) mass is 490 g/mol. The van der Waals surface area contributed by atoms with E-state index in [0.29, 0.717) is 16.4 Å². The predicted octanol–water partition coefficient (Wildman–Crippen LogP) is 9.25. The maximum absolute atomic E-state index is 12.7. The first-order valence-corrected chi connectivity index (χ1v) is 15.2. The van der Waals surface area contributed by atoms with E-state index in [1.54, 1.807) is 5.57 Å². The van der Waals surface area contributed by atoms with Crippen molar-refractivity contribution < 1.29 is 9.53 Å². The van der Waals surface area contributed by atoms with Gasteiger partial charge in [-0.3, -0.25) is 0 Å². The predicted molar refractivity (Wildman–Crippen MR) is 149 cm³/mol. The topological polar surface area (TPSA) is 26.3 Å². The van der Waals surface area contributed by atoms with E-state index in [1.807, 2.05) is 30.3 Å². The second kappa shape index (κ2) is 10.3. The van der Waals surface area contributed by atoms with Crippen molar-refractivity contribution in [2.45, 2.75) is 111 Å². The number of benzene rings is 1. The van der Waals surface area contributed by atoms with E-state index in [-0.39, 0.29) is 12.1 Å². The van der Waals surface area contributed by atoms with Crippen LogP contribution in [0, 0.1) is 46.3 Å². The van der Waals surface area contributed by atoms with Crippen LogP contribution in [0.2, 0.25) is 0 Å². The molecule has 3 fully saturated rings. The summed E-state index contributed by atoms with van der Waals surface area (Å²) < 4.78 is 6.00. The first-order valence-electron chi connectivity index (χ1n) is 15.2. The van der Waals surface area contributed by atoms with Gasteiger partial charge >= 0.3 is 5.97 Å². The van der Waals surface area contributed by atoms with E-state index < -0.39 is 0 Å². The molecule has 0 heterocycles. The third-order valence-electron chi connectivity index (χ3n) is 11.5. The molecule has 1 aromatic carbocycles. The normalized spacial score (nSPS) is 38.5. The zero-order valence-corrected chi connectivity index (χ0v) is 23.6. The average molecular weight is 491 g/mol. The molecule has 5 rings (SSSR count). The number of ether oxygens (including phenoxy) is 1. The molecule has 0 spiro atoms. The maximum atomic E-state index is 12.7. The van der Waals surface area contributed by atoms with E-state index in [0.717, 1.165) is 48.3 Å². The molecule has 198 valence electrons. The molecule has 0 aliphatic heterocycles. The quantitative estimate of drug-likeness (QED) is 0.281. The van der Waals surface area contributed by atoms with Crippen molar-refractivity contribution in [3.8, 4) is 0 Å². The van der Waals surface area contributed by atoms with Gasteiger partial charge in [0.25, 0.3) is 0 Å². The van der Waals surface area contributed by atoms with Gasteiger partial charge < -0.3 is 4.74 Å². The number of hydrogen-bond donors (Lipinski definition) is 0. The van der Waals surface area contributed by atoms with Gasteiger partial charge in [0.2, 0.25) is 0 Å². The number of hydrogen-bond acceptors (Lipinski definition) is 2. The summed E-state index contributed by atoms with van der Waals surface area (Å²) in [4.78, 5) is 12.7. The summed E-state index contributed by atoms with van der Waals surface area (Å²) in [6.45, 7) is 12.6. The van der Waals surface area contributed by atoms with E-state index in [1.165, 1.54) is 57.8 Å². The standard InChI is InChI=1S/C34H50O2/c1-23(2)10-9-11-24(3)29-16-17-30-28-15-14-26-22-27(36-32(35)25-12-7-6-8-13-25)18-20-33(26,4)31(28)19-21-34(29,30)5/h6-8,12-14,23-24,27-31H,9-11,15-22H2,1-5H3/t24?,27-,28?,29+,30?,31?,33-,34+/m1/s1. The lowest BCUT2D eigenvalue weighted by Crippen LogP contribution is -2.51. The van der Waals surface area contributed by atoms with Gasteiger partial charge in [0.15, 0.2) is 0 Å². The van der Waals surface area contributed by atoms with E-state index >= 15 is 0 Å². The first kappa shape index (κ1) is 26.1. The number of carbonyl (C=O) groups excluding carboxylic acids is 1. The zero-order valence-electron chi connectivity index (χ0n) is 23.6. The molecular formula is C34H50O2. The van der Waals surface area contributed by atoms with E-state index in [4.69, 9.17) is 4.74 Å². The zero-order chi connectivity index (χ0) is 25.5. The van der Waals surface area contributed by atoms with Crippen LogP contribution < -0.4 is 0 Å². The maximum Gasteiger partial charge on any atom is 0.338 e. The molecule has 8 atom stereocenters. The van der Waals surface area contributed by atoms with Crippen LogP contribution in [0.15, 0.2) is 42.0 Å². The van der Waals surface area contributed by atoms with Crippen molar-refractivity contribution in [1.29, 1.82) is 0 Å². The fourth-order valence-electron chi connectivity index (χ4n) is 9.55. The Kier molecular flexibility index (Phi) is 7.45. The van der Waals surface area contributed by atoms with E-state index in [2.05, 4.69) is 40.7 Å². The summed E-state index contributed by atoms with van der Waals surface area (Å²) >= 11 is 0. The smallest absolute Gasteiger partial charge is 0.338 e. The molecule has 0 N–H and O–H groups in total. The fraction of sp³-hybridized carbons (Fsp3) is 0.735. The highest BCUT2D eigenvalue weighted by molar-refractivity contribution is 5.89. The third kappa shape index (κ3) is 4.71. The molecule has 4 unspecified atom stereocenters. The summed E-state index contributed by atoms with van der Waals surface area (Å²) in [6.07, 6.45) is 17.0. The minimum atomic E-state index is -0.161. The molecule has 1 aromatic rings. The Labute approximate surface area is 220 Å². The second-order valence-corrected chi connectivity index (χ2v) is 13.9. The molecule has 0 bridgehead atoms. The van der Waals surface area contributed by atoms with Gasteiger partial charge in [-0.05, 0) is 103 Å². The Morgan fingerprint density at radius 3 is 2.50 bits per heavy atom. The molecule has 2 nitrogen and oxygen atoms in total. The minimum absolute atomic E-state index is 0.0324. The molecule has 3 saturated carbocycles. The average Bonchev–Trinajstić information content (AvgIpc) is 3.22. The van der Waals surface area contributed by atoms with Gasteiger partial charge in [0.05, 0.1) is 5.56 Å². The van der Waals surface area contributed by atoms with Gasteiger partial charge in [-0.2, -0.15) is 0 Å². The number of allylic oxidation sites excluding steroid dienone is 1. The van der Waals surface area contributed by atoms with Gasteiger partial charge in [0, 0.05) is 6.42 Å². The number of carbonyl (C=O) groups is 1. The van der Waals surface area contributed by atoms with Crippen molar-refractivity contribution in [2.75, 3.05) is 0 Å². The Morgan fingerprint density at radius 2 is 1.75 bits per heavy atom. The molecule has 36 heavy (non-hydrogen) atoms.